The van der Waals surface area contributed by atoms with Gasteiger partial charge in [0.1, 0.15) is 0 Å². The second-order valence-electron chi connectivity index (χ2n) is 5.52. The van der Waals surface area contributed by atoms with Gasteiger partial charge in [0.05, 0.1) is 11.3 Å². The van der Waals surface area contributed by atoms with Crippen molar-refractivity contribution in [1.82, 2.24) is 15.1 Å². The van der Waals surface area contributed by atoms with E-state index in [2.05, 4.69) is 10.4 Å². The van der Waals surface area contributed by atoms with E-state index in [-0.39, 0.29) is 5.91 Å². The highest BCUT2D eigenvalue weighted by atomic mass is 16.1. The number of rotatable bonds is 4. The van der Waals surface area contributed by atoms with Crippen molar-refractivity contribution >= 4 is 5.91 Å². The third-order valence-corrected chi connectivity index (χ3v) is 3.86. The van der Waals surface area contributed by atoms with Gasteiger partial charge in [-0.05, 0) is 31.6 Å². The van der Waals surface area contributed by atoms with Gasteiger partial charge in [-0.2, -0.15) is 5.10 Å². The summed E-state index contributed by atoms with van der Waals surface area (Å²) in [6.07, 6.45) is 7.05. The maximum absolute atomic E-state index is 12.2. The Morgan fingerprint density at radius 3 is 3.05 bits per heavy atom. The molecule has 1 aromatic rings. The van der Waals surface area contributed by atoms with Crippen molar-refractivity contribution in [2.24, 2.45) is 18.7 Å². The highest BCUT2D eigenvalue weighted by Gasteiger charge is 2.21. The lowest BCUT2D eigenvalue weighted by Gasteiger charge is -2.26. The van der Waals surface area contributed by atoms with Gasteiger partial charge in [-0.1, -0.05) is 13.3 Å². The lowest BCUT2D eigenvalue weighted by Crippen LogP contribution is -2.35. The summed E-state index contributed by atoms with van der Waals surface area (Å²) in [5.74, 6) is 0.513. The number of hydrogen-bond acceptors (Lipinski definition) is 3. The molecule has 2 rings (SSSR count). The van der Waals surface area contributed by atoms with Gasteiger partial charge in [0.15, 0.2) is 0 Å². The molecule has 19 heavy (non-hydrogen) atoms. The maximum atomic E-state index is 12.2. The number of carbonyl (C=O) groups excluding carboxylic acids is 1. The van der Waals surface area contributed by atoms with Gasteiger partial charge in [-0.15, -0.1) is 0 Å². The Kier molecular flexibility index (Phi) is 4.58. The Bertz CT molecular complexity index is 441. The number of nitrogens with zero attached hydrogens (tertiary/aromatic N) is 2. The molecule has 2 atom stereocenters. The van der Waals surface area contributed by atoms with E-state index in [1.165, 1.54) is 12.8 Å². The van der Waals surface area contributed by atoms with Gasteiger partial charge in [-0.25, -0.2) is 0 Å². The van der Waals surface area contributed by atoms with E-state index in [9.17, 15) is 4.79 Å². The van der Waals surface area contributed by atoms with Gasteiger partial charge in [-0.3, -0.25) is 9.48 Å². The average molecular weight is 264 g/mol. The van der Waals surface area contributed by atoms with Crippen LogP contribution in [0.1, 0.15) is 48.7 Å². The SMILES string of the molecule is CCc1nn(C)cc1C(=O)NCC1CCCC(N)C1. The molecule has 106 valence electrons. The predicted octanol–water partition coefficient (Wildman–Crippen LogP) is 1.23. The van der Waals surface area contributed by atoms with Crippen LogP contribution < -0.4 is 11.1 Å². The minimum Gasteiger partial charge on any atom is -0.352 e. The van der Waals surface area contributed by atoms with Crippen molar-refractivity contribution in [2.45, 2.75) is 45.1 Å². The summed E-state index contributed by atoms with van der Waals surface area (Å²) >= 11 is 0. The topological polar surface area (TPSA) is 72.9 Å². The molecule has 0 aliphatic heterocycles. The van der Waals surface area contributed by atoms with Crippen LogP contribution in [0.2, 0.25) is 0 Å². The normalized spacial score (nSPS) is 23.3. The minimum atomic E-state index is -0.0101. The third-order valence-electron chi connectivity index (χ3n) is 3.86. The lowest BCUT2D eigenvalue weighted by molar-refractivity contribution is 0.0941. The quantitative estimate of drug-likeness (QED) is 0.859. The molecule has 0 bridgehead atoms. The lowest BCUT2D eigenvalue weighted by atomic mass is 9.86. The molecule has 1 heterocycles. The molecule has 1 amide bonds. The number of aryl methyl sites for hydroxylation is 2. The van der Waals surface area contributed by atoms with E-state index in [0.717, 1.165) is 31.5 Å². The third kappa shape index (κ3) is 3.56. The molecule has 1 aliphatic rings. The van der Waals surface area contributed by atoms with Crippen molar-refractivity contribution < 1.29 is 4.79 Å². The molecule has 3 N–H and O–H groups in total. The summed E-state index contributed by atoms with van der Waals surface area (Å²) < 4.78 is 1.70. The van der Waals surface area contributed by atoms with Gasteiger partial charge in [0.25, 0.3) is 5.91 Å². The fourth-order valence-corrected chi connectivity index (χ4v) is 2.84. The second kappa shape index (κ2) is 6.19. The smallest absolute Gasteiger partial charge is 0.254 e. The standard InChI is InChI=1S/C14H24N4O/c1-3-13-12(9-18(2)17-13)14(19)16-8-10-5-4-6-11(15)7-10/h9-11H,3-8,15H2,1-2H3,(H,16,19). The van der Waals surface area contributed by atoms with E-state index in [4.69, 9.17) is 5.73 Å². The zero-order valence-corrected chi connectivity index (χ0v) is 11.9. The summed E-state index contributed by atoms with van der Waals surface area (Å²) in [6.45, 7) is 2.74. The second-order valence-corrected chi connectivity index (χ2v) is 5.52. The molecule has 1 saturated carbocycles. The van der Waals surface area contributed by atoms with Gasteiger partial charge in [0, 0.05) is 25.8 Å². The maximum Gasteiger partial charge on any atom is 0.254 e. The Hall–Kier alpha value is -1.36. The molecule has 0 spiro atoms. The van der Waals surface area contributed by atoms with Crippen LogP contribution in [0.25, 0.3) is 0 Å². The van der Waals surface area contributed by atoms with Crippen LogP contribution in [0.15, 0.2) is 6.20 Å². The summed E-state index contributed by atoms with van der Waals surface area (Å²) in [4.78, 5) is 12.2. The molecular weight excluding hydrogens is 240 g/mol. The first-order chi connectivity index (χ1) is 9.10. The first kappa shape index (κ1) is 14.1. The molecule has 1 aliphatic carbocycles. The molecule has 5 nitrogen and oxygen atoms in total. The molecule has 5 heteroatoms. The number of hydrogen-bond donors (Lipinski definition) is 2. The largest absolute Gasteiger partial charge is 0.352 e. The van der Waals surface area contributed by atoms with E-state index < -0.39 is 0 Å². The molecule has 2 unspecified atom stereocenters. The minimum absolute atomic E-state index is 0.0101. The molecule has 0 saturated heterocycles. The number of nitrogens with one attached hydrogen (secondary N) is 1. The highest BCUT2D eigenvalue weighted by Crippen LogP contribution is 2.22. The fraction of sp³-hybridized carbons (Fsp3) is 0.714. The average Bonchev–Trinajstić information content (AvgIpc) is 2.77. The first-order valence-corrected chi connectivity index (χ1v) is 7.16. The Morgan fingerprint density at radius 1 is 1.58 bits per heavy atom. The van der Waals surface area contributed by atoms with Gasteiger partial charge in [0.2, 0.25) is 0 Å². The zero-order chi connectivity index (χ0) is 13.8. The van der Waals surface area contributed by atoms with Crippen LogP contribution in [-0.4, -0.2) is 28.3 Å². The van der Waals surface area contributed by atoms with Crippen LogP contribution in [0, 0.1) is 5.92 Å². The van der Waals surface area contributed by atoms with Crippen molar-refractivity contribution in [1.29, 1.82) is 0 Å². The van der Waals surface area contributed by atoms with Crippen LogP contribution in [0.5, 0.6) is 0 Å². The Morgan fingerprint density at radius 2 is 2.37 bits per heavy atom. The first-order valence-electron chi connectivity index (χ1n) is 7.16. The number of amides is 1. The van der Waals surface area contributed by atoms with E-state index >= 15 is 0 Å². The Labute approximate surface area is 114 Å². The fourth-order valence-electron chi connectivity index (χ4n) is 2.84. The predicted molar refractivity (Wildman–Crippen MR) is 74.9 cm³/mol. The van der Waals surface area contributed by atoms with Crippen molar-refractivity contribution in [2.75, 3.05) is 6.54 Å². The molecular formula is C14H24N4O. The summed E-state index contributed by atoms with van der Waals surface area (Å²) in [5, 5.41) is 7.32. The van der Waals surface area contributed by atoms with Crippen molar-refractivity contribution in [3.63, 3.8) is 0 Å². The molecule has 0 aromatic carbocycles. The molecule has 0 radical (unpaired) electrons. The zero-order valence-electron chi connectivity index (χ0n) is 11.9. The van der Waals surface area contributed by atoms with Crippen LogP contribution in [0.3, 0.4) is 0 Å². The number of carbonyl (C=O) groups is 1. The molecule has 1 fully saturated rings. The molecule has 1 aromatic heterocycles. The van der Waals surface area contributed by atoms with E-state index in [1.54, 1.807) is 10.9 Å². The summed E-state index contributed by atoms with van der Waals surface area (Å²) in [5.41, 5.74) is 7.53. The van der Waals surface area contributed by atoms with E-state index in [0.29, 0.717) is 17.5 Å². The van der Waals surface area contributed by atoms with E-state index in [1.807, 2.05) is 14.0 Å². The monoisotopic (exact) mass is 264 g/mol. The highest BCUT2D eigenvalue weighted by molar-refractivity contribution is 5.95. The summed E-state index contributed by atoms with van der Waals surface area (Å²) in [7, 11) is 1.84. The van der Waals surface area contributed by atoms with Crippen LogP contribution >= 0.6 is 0 Å². The van der Waals surface area contributed by atoms with Crippen molar-refractivity contribution in [3.05, 3.63) is 17.5 Å². The summed E-state index contributed by atoms with van der Waals surface area (Å²) in [6, 6.07) is 0.306. The number of aromatic nitrogens is 2. The van der Waals surface area contributed by atoms with Gasteiger partial charge < -0.3 is 11.1 Å². The van der Waals surface area contributed by atoms with Crippen molar-refractivity contribution in [3.8, 4) is 0 Å². The van der Waals surface area contributed by atoms with Crippen LogP contribution in [-0.2, 0) is 13.5 Å². The number of nitrogens with two attached hydrogens (primary N) is 1. The van der Waals surface area contributed by atoms with Gasteiger partial charge >= 0.3 is 0 Å². The van der Waals surface area contributed by atoms with Crippen LogP contribution in [0.4, 0.5) is 0 Å². The Balaban J connectivity index is 1.90.